The fourth-order valence-electron chi connectivity index (χ4n) is 2.25. The van der Waals surface area contributed by atoms with Crippen LogP contribution in [0.5, 0.6) is 0 Å². The highest BCUT2D eigenvalue weighted by Crippen LogP contribution is 2.18. The second kappa shape index (κ2) is 8.32. The molecule has 26 heavy (non-hydrogen) atoms. The molecule has 1 atom stereocenters. The third kappa shape index (κ3) is 5.05. The number of amides is 1. The molecule has 0 fully saturated rings. The van der Waals surface area contributed by atoms with Crippen LogP contribution in [0.4, 0.5) is 5.69 Å². The van der Waals surface area contributed by atoms with Gasteiger partial charge in [0, 0.05) is 10.7 Å². The second-order valence-corrected chi connectivity index (χ2v) is 8.13. The van der Waals surface area contributed by atoms with Gasteiger partial charge in [-0.05, 0) is 42.3 Å². The van der Waals surface area contributed by atoms with Crippen LogP contribution in [-0.4, -0.2) is 20.4 Å². The Balaban J connectivity index is 2.22. The molecule has 0 radical (unpaired) electrons. The molecule has 2 N–H and O–H groups in total. The van der Waals surface area contributed by atoms with E-state index in [1.165, 1.54) is 24.3 Å². The number of carbonyl (C=O) groups is 1. The van der Waals surface area contributed by atoms with Crippen molar-refractivity contribution in [2.75, 3.05) is 5.32 Å². The molecule has 0 heterocycles. The molecule has 136 valence electrons. The van der Waals surface area contributed by atoms with Gasteiger partial charge in [0.25, 0.3) is 0 Å². The van der Waals surface area contributed by atoms with E-state index in [0.717, 1.165) is 0 Å². The van der Waals surface area contributed by atoms with Crippen molar-refractivity contribution in [2.24, 2.45) is 5.92 Å². The van der Waals surface area contributed by atoms with Crippen LogP contribution < -0.4 is 10.0 Å². The Morgan fingerprint density at radius 3 is 2.46 bits per heavy atom. The number of halogens is 1. The number of benzene rings is 2. The van der Waals surface area contributed by atoms with Crippen molar-refractivity contribution in [3.05, 3.63) is 59.1 Å². The second-order valence-electron chi connectivity index (χ2n) is 5.98. The van der Waals surface area contributed by atoms with Crippen LogP contribution in [0, 0.1) is 17.2 Å². The van der Waals surface area contributed by atoms with Gasteiger partial charge in [0.1, 0.15) is 6.04 Å². The molecule has 0 unspecified atom stereocenters. The third-order valence-electron chi connectivity index (χ3n) is 3.60. The van der Waals surface area contributed by atoms with Gasteiger partial charge in [-0.25, -0.2) is 8.42 Å². The van der Waals surface area contributed by atoms with Gasteiger partial charge < -0.3 is 5.32 Å². The molecule has 0 bridgehead atoms. The van der Waals surface area contributed by atoms with Crippen molar-refractivity contribution in [3.8, 4) is 6.07 Å². The Bertz CT molecular complexity index is 952. The van der Waals surface area contributed by atoms with E-state index in [9.17, 15) is 13.2 Å². The zero-order chi connectivity index (χ0) is 19.3. The number of hydrogen-bond donors (Lipinski definition) is 2. The van der Waals surface area contributed by atoms with Crippen LogP contribution >= 0.6 is 11.6 Å². The summed E-state index contributed by atoms with van der Waals surface area (Å²) in [5.74, 6) is -0.816. The monoisotopic (exact) mass is 391 g/mol. The number of nitrogens with zero attached hydrogens (tertiary/aromatic N) is 1. The molecule has 0 saturated heterocycles. The lowest BCUT2D eigenvalue weighted by atomic mass is 10.0. The molecular weight excluding hydrogens is 374 g/mol. The minimum atomic E-state index is -3.92. The maximum Gasteiger partial charge on any atom is 0.242 e. The number of nitrogens with one attached hydrogen (secondary N) is 2. The molecular formula is C18H18ClN3O3S. The minimum absolute atomic E-state index is 0.0186. The number of carbonyl (C=O) groups excluding carboxylic acids is 1. The van der Waals surface area contributed by atoms with E-state index in [0.29, 0.717) is 11.3 Å². The van der Waals surface area contributed by atoms with Crippen molar-refractivity contribution in [1.29, 1.82) is 5.26 Å². The molecule has 8 heteroatoms. The molecule has 0 aliphatic carbocycles. The number of rotatable bonds is 6. The van der Waals surface area contributed by atoms with E-state index < -0.39 is 22.0 Å². The van der Waals surface area contributed by atoms with Crippen molar-refractivity contribution < 1.29 is 13.2 Å². The van der Waals surface area contributed by atoms with Crippen LogP contribution in [-0.2, 0) is 14.8 Å². The van der Waals surface area contributed by atoms with E-state index in [2.05, 4.69) is 10.0 Å². The maximum absolute atomic E-state index is 12.6. The van der Waals surface area contributed by atoms with Gasteiger partial charge in [0.15, 0.2) is 0 Å². The highest BCUT2D eigenvalue weighted by atomic mass is 35.5. The summed E-state index contributed by atoms with van der Waals surface area (Å²) in [6.45, 7) is 3.47. The lowest BCUT2D eigenvalue weighted by Crippen LogP contribution is -2.47. The van der Waals surface area contributed by atoms with Crippen LogP contribution in [0.2, 0.25) is 5.02 Å². The first-order valence-electron chi connectivity index (χ1n) is 7.82. The first-order valence-corrected chi connectivity index (χ1v) is 9.68. The SMILES string of the molecule is CC(C)[C@H](NS(=O)(=O)c1cccc(Cl)c1)C(=O)Nc1cccc(C#N)c1. The molecule has 6 nitrogen and oxygen atoms in total. The average Bonchev–Trinajstić information content (AvgIpc) is 2.59. The quantitative estimate of drug-likeness (QED) is 0.789. The van der Waals surface area contributed by atoms with Gasteiger partial charge in [-0.3, -0.25) is 4.79 Å². The topological polar surface area (TPSA) is 99.1 Å². The normalized spacial score (nSPS) is 12.4. The number of hydrogen-bond acceptors (Lipinski definition) is 4. The molecule has 0 aliphatic heterocycles. The zero-order valence-electron chi connectivity index (χ0n) is 14.2. The largest absolute Gasteiger partial charge is 0.325 e. The predicted molar refractivity (Wildman–Crippen MR) is 100 cm³/mol. The van der Waals surface area contributed by atoms with Crippen molar-refractivity contribution in [1.82, 2.24) is 4.72 Å². The summed E-state index contributed by atoms with van der Waals surface area (Å²) in [5, 5.41) is 11.9. The Morgan fingerprint density at radius 2 is 1.85 bits per heavy atom. The molecule has 2 aromatic rings. The Hall–Kier alpha value is -2.40. The van der Waals surface area contributed by atoms with Gasteiger partial charge in [-0.2, -0.15) is 9.98 Å². The van der Waals surface area contributed by atoms with E-state index >= 15 is 0 Å². The summed E-state index contributed by atoms with van der Waals surface area (Å²) in [6.07, 6.45) is 0. The standard InChI is InChI=1S/C18H18ClN3O3S/c1-12(2)17(18(23)21-15-7-3-5-13(9-15)11-20)22-26(24,25)16-8-4-6-14(19)10-16/h3-10,12,17,22H,1-2H3,(H,21,23)/t17-/m0/s1. The van der Waals surface area contributed by atoms with Gasteiger partial charge in [0.2, 0.25) is 15.9 Å². The minimum Gasteiger partial charge on any atom is -0.325 e. The fourth-order valence-corrected chi connectivity index (χ4v) is 3.89. The lowest BCUT2D eigenvalue weighted by Gasteiger charge is -2.21. The van der Waals surface area contributed by atoms with Gasteiger partial charge in [-0.1, -0.05) is 37.6 Å². The van der Waals surface area contributed by atoms with E-state index in [-0.39, 0.29) is 15.8 Å². The van der Waals surface area contributed by atoms with Gasteiger partial charge in [-0.15, -0.1) is 0 Å². The smallest absolute Gasteiger partial charge is 0.242 e. The van der Waals surface area contributed by atoms with Crippen molar-refractivity contribution in [3.63, 3.8) is 0 Å². The van der Waals surface area contributed by atoms with E-state index in [1.807, 2.05) is 6.07 Å². The maximum atomic E-state index is 12.6. The number of nitriles is 1. The van der Waals surface area contributed by atoms with Crippen LogP contribution in [0.25, 0.3) is 0 Å². The summed E-state index contributed by atoms with van der Waals surface area (Å²) in [6, 6.07) is 13.2. The molecule has 2 aromatic carbocycles. The average molecular weight is 392 g/mol. The summed E-state index contributed by atoms with van der Waals surface area (Å²) in [4.78, 5) is 12.6. The highest BCUT2D eigenvalue weighted by Gasteiger charge is 2.28. The summed E-state index contributed by atoms with van der Waals surface area (Å²) >= 11 is 5.85. The third-order valence-corrected chi connectivity index (χ3v) is 5.27. The molecule has 0 saturated carbocycles. The fraction of sp³-hybridized carbons (Fsp3) is 0.222. The highest BCUT2D eigenvalue weighted by molar-refractivity contribution is 7.89. The van der Waals surface area contributed by atoms with Crippen molar-refractivity contribution >= 4 is 33.2 Å². The summed E-state index contributed by atoms with van der Waals surface area (Å²) in [7, 11) is -3.92. The molecule has 1 amide bonds. The Morgan fingerprint density at radius 1 is 1.15 bits per heavy atom. The van der Waals surface area contributed by atoms with E-state index in [4.69, 9.17) is 16.9 Å². The summed E-state index contributed by atoms with van der Waals surface area (Å²) in [5.41, 5.74) is 0.810. The van der Waals surface area contributed by atoms with Gasteiger partial charge in [0.05, 0.1) is 16.5 Å². The first kappa shape index (κ1) is 19.9. The van der Waals surface area contributed by atoms with Crippen LogP contribution in [0.3, 0.4) is 0 Å². The van der Waals surface area contributed by atoms with Crippen LogP contribution in [0.15, 0.2) is 53.4 Å². The lowest BCUT2D eigenvalue weighted by molar-refractivity contribution is -0.118. The zero-order valence-corrected chi connectivity index (χ0v) is 15.8. The number of anilines is 1. The molecule has 2 rings (SSSR count). The molecule has 0 aliphatic rings. The van der Waals surface area contributed by atoms with Gasteiger partial charge >= 0.3 is 0 Å². The molecule has 0 spiro atoms. The molecule has 0 aromatic heterocycles. The van der Waals surface area contributed by atoms with E-state index in [1.54, 1.807) is 38.1 Å². The number of sulfonamides is 1. The predicted octanol–water partition coefficient (Wildman–Crippen LogP) is 3.15. The van der Waals surface area contributed by atoms with Crippen LogP contribution in [0.1, 0.15) is 19.4 Å². The first-order chi connectivity index (χ1) is 12.2. The van der Waals surface area contributed by atoms with Crippen molar-refractivity contribution in [2.45, 2.75) is 24.8 Å². The Labute approximate surface area is 157 Å². The Kier molecular flexibility index (Phi) is 6.37. The summed E-state index contributed by atoms with van der Waals surface area (Å²) < 4.78 is 27.5.